The summed E-state index contributed by atoms with van der Waals surface area (Å²) in [6, 6.07) is -1.23. The molecule has 1 aromatic rings. The highest BCUT2D eigenvalue weighted by atomic mass is 16.4. The zero-order chi connectivity index (χ0) is 14.7. The van der Waals surface area contributed by atoms with Gasteiger partial charge in [-0.2, -0.15) is 0 Å². The number of amides is 2. The third-order valence-corrected chi connectivity index (χ3v) is 3.23. The minimum atomic E-state index is -1.01. The number of nitrogens with zero attached hydrogens (tertiary/aromatic N) is 4. The van der Waals surface area contributed by atoms with Crippen molar-refractivity contribution in [1.82, 2.24) is 25.0 Å². The van der Waals surface area contributed by atoms with Gasteiger partial charge in [-0.05, 0) is 12.3 Å². The van der Waals surface area contributed by atoms with Crippen LogP contribution in [0.3, 0.4) is 0 Å². The number of hydrogen-bond acceptors (Lipinski definition) is 4. The standard InChI is InChI=1S/C12H19N5O3/c1-8(2)5-9(11(18)19)14-12(20)16-3-4-17-7-13-15-10(17)6-16/h7-9H,3-6H2,1-2H3,(H,14,20)(H,18,19). The fourth-order valence-corrected chi connectivity index (χ4v) is 2.17. The number of carboxylic acid groups (broad SMARTS) is 1. The first-order valence-electron chi connectivity index (χ1n) is 6.62. The van der Waals surface area contributed by atoms with Crippen molar-refractivity contribution in [3.05, 3.63) is 12.2 Å². The van der Waals surface area contributed by atoms with Crippen LogP contribution in [0.4, 0.5) is 4.79 Å². The molecule has 2 N–H and O–H groups in total. The highest BCUT2D eigenvalue weighted by molar-refractivity contribution is 5.82. The van der Waals surface area contributed by atoms with Crippen LogP contribution in [0.5, 0.6) is 0 Å². The molecule has 0 aromatic carbocycles. The largest absolute Gasteiger partial charge is 0.480 e. The highest BCUT2D eigenvalue weighted by Gasteiger charge is 2.26. The zero-order valence-electron chi connectivity index (χ0n) is 11.6. The van der Waals surface area contributed by atoms with Crippen LogP contribution >= 0.6 is 0 Å². The van der Waals surface area contributed by atoms with E-state index in [1.165, 1.54) is 0 Å². The third-order valence-electron chi connectivity index (χ3n) is 3.23. The molecule has 1 atom stereocenters. The van der Waals surface area contributed by atoms with Crippen LogP contribution in [0.25, 0.3) is 0 Å². The maximum Gasteiger partial charge on any atom is 0.326 e. The Hall–Kier alpha value is -2.12. The van der Waals surface area contributed by atoms with Gasteiger partial charge in [0.1, 0.15) is 12.4 Å². The van der Waals surface area contributed by atoms with E-state index in [0.29, 0.717) is 31.9 Å². The van der Waals surface area contributed by atoms with Gasteiger partial charge in [-0.15, -0.1) is 10.2 Å². The molecule has 0 saturated heterocycles. The number of fused-ring (bicyclic) bond motifs is 1. The summed E-state index contributed by atoms with van der Waals surface area (Å²) in [7, 11) is 0. The van der Waals surface area contributed by atoms with Gasteiger partial charge in [-0.1, -0.05) is 13.8 Å². The fourth-order valence-electron chi connectivity index (χ4n) is 2.17. The maximum absolute atomic E-state index is 12.1. The number of aliphatic carboxylic acids is 1. The van der Waals surface area contributed by atoms with E-state index in [1.807, 2.05) is 18.4 Å². The van der Waals surface area contributed by atoms with Crippen molar-refractivity contribution in [2.45, 2.75) is 39.4 Å². The summed E-state index contributed by atoms with van der Waals surface area (Å²) in [5.74, 6) is -0.102. The second-order valence-electron chi connectivity index (χ2n) is 5.33. The van der Waals surface area contributed by atoms with Crippen molar-refractivity contribution in [1.29, 1.82) is 0 Å². The van der Waals surface area contributed by atoms with Gasteiger partial charge in [0, 0.05) is 13.1 Å². The molecule has 8 heteroatoms. The first kappa shape index (κ1) is 14.3. The van der Waals surface area contributed by atoms with E-state index in [9.17, 15) is 9.59 Å². The number of carboxylic acids is 1. The molecule has 8 nitrogen and oxygen atoms in total. The Bertz CT molecular complexity index is 499. The van der Waals surface area contributed by atoms with E-state index in [0.717, 1.165) is 0 Å². The molecule has 1 aromatic heterocycles. The van der Waals surface area contributed by atoms with Gasteiger partial charge >= 0.3 is 12.0 Å². The number of aromatic nitrogens is 3. The quantitative estimate of drug-likeness (QED) is 0.827. The molecule has 2 rings (SSSR count). The molecule has 20 heavy (non-hydrogen) atoms. The van der Waals surface area contributed by atoms with E-state index in [-0.39, 0.29) is 11.9 Å². The minimum Gasteiger partial charge on any atom is -0.480 e. The number of urea groups is 1. The number of carbonyl (C=O) groups is 2. The molecule has 1 aliphatic rings. The van der Waals surface area contributed by atoms with Crippen molar-refractivity contribution in [2.24, 2.45) is 5.92 Å². The topological polar surface area (TPSA) is 100 Å². The van der Waals surface area contributed by atoms with E-state index >= 15 is 0 Å². The Morgan fingerprint density at radius 3 is 2.85 bits per heavy atom. The second kappa shape index (κ2) is 5.89. The highest BCUT2D eigenvalue weighted by Crippen LogP contribution is 2.10. The minimum absolute atomic E-state index is 0.195. The van der Waals surface area contributed by atoms with Gasteiger partial charge in [-0.3, -0.25) is 0 Å². The summed E-state index contributed by atoms with van der Waals surface area (Å²) in [6.45, 7) is 5.33. The van der Waals surface area contributed by atoms with Crippen LogP contribution in [0.1, 0.15) is 26.1 Å². The van der Waals surface area contributed by atoms with Crippen LogP contribution in [-0.4, -0.2) is 49.4 Å². The summed E-state index contributed by atoms with van der Waals surface area (Å²) in [6.07, 6.45) is 2.04. The smallest absolute Gasteiger partial charge is 0.326 e. The van der Waals surface area contributed by atoms with Crippen molar-refractivity contribution >= 4 is 12.0 Å². The molecular formula is C12H19N5O3. The first-order valence-corrected chi connectivity index (χ1v) is 6.62. The molecule has 110 valence electrons. The summed E-state index contributed by atoms with van der Waals surface area (Å²) in [4.78, 5) is 24.8. The summed E-state index contributed by atoms with van der Waals surface area (Å²) >= 11 is 0. The molecular weight excluding hydrogens is 262 g/mol. The summed E-state index contributed by atoms with van der Waals surface area (Å²) < 4.78 is 1.88. The van der Waals surface area contributed by atoms with Crippen LogP contribution < -0.4 is 5.32 Å². The number of hydrogen-bond donors (Lipinski definition) is 2. The van der Waals surface area contributed by atoms with Gasteiger partial charge < -0.3 is 19.9 Å². The number of carbonyl (C=O) groups excluding carboxylic acids is 1. The molecule has 2 heterocycles. The molecule has 0 aliphatic carbocycles. The van der Waals surface area contributed by atoms with Crippen LogP contribution in [-0.2, 0) is 17.9 Å². The Balaban J connectivity index is 1.96. The Morgan fingerprint density at radius 1 is 1.45 bits per heavy atom. The Labute approximate surface area is 116 Å². The molecule has 2 amide bonds. The monoisotopic (exact) mass is 281 g/mol. The van der Waals surface area contributed by atoms with E-state index in [4.69, 9.17) is 5.11 Å². The first-order chi connectivity index (χ1) is 9.47. The van der Waals surface area contributed by atoms with Crippen molar-refractivity contribution < 1.29 is 14.7 Å². The number of nitrogens with one attached hydrogen (secondary N) is 1. The molecule has 0 fully saturated rings. The van der Waals surface area contributed by atoms with Gasteiger partial charge in [0.2, 0.25) is 0 Å². The second-order valence-corrected chi connectivity index (χ2v) is 5.33. The molecule has 1 aliphatic heterocycles. The molecule has 0 spiro atoms. The van der Waals surface area contributed by atoms with Crippen molar-refractivity contribution in [3.63, 3.8) is 0 Å². The predicted molar refractivity (Wildman–Crippen MR) is 69.8 cm³/mol. The van der Waals surface area contributed by atoms with Gasteiger partial charge in [-0.25, -0.2) is 9.59 Å². The Morgan fingerprint density at radius 2 is 2.20 bits per heavy atom. The molecule has 0 radical (unpaired) electrons. The van der Waals surface area contributed by atoms with Gasteiger partial charge in [0.15, 0.2) is 5.82 Å². The van der Waals surface area contributed by atoms with E-state index < -0.39 is 12.0 Å². The predicted octanol–water partition coefficient (Wildman–Crippen LogP) is 0.303. The third kappa shape index (κ3) is 3.25. The molecule has 1 unspecified atom stereocenters. The average Bonchev–Trinajstić information content (AvgIpc) is 2.84. The molecule has 0 saturated carbocycles. The normalized spacial score (nSPS) is 15.8. The maximum atomic E-state index is 12.1. The van der Waals surface area contributed by atoms with Gasteiger partial charge in [0.25, 0.3) is 0 Å². The fraction of sp³-hybridized carbons (Fsp3) is 0.667. The lowest BCUT2D eigenvalue weighted by atomic mass is 10.0. The van der Waals surface area contributed by atoms with Gasteiger partial charge in [0.05, 0.1) is 6.54 Å². The van der Waals surface area contributed by atoms with Crippen molar-refractivity contribution in [2.75, 3.05) is 6.54 Å². The lowest BCUT2D eigenvalue weighted by Crippen LogP contribution is -2.50. The lowest BCUT2D eigenvalue weighted by Gasteiger charge is -2.28. The lowest BCUT2D eigenvalue weighted by molar-refractivity contribution is -0.139. The molecule has 0 bridgehead atoms. The summed E-state index contributed by atoms with van der Waals surface area (Å²) in [5, 5.41) is 19.4. The van der Waals surface area contributed by atoms with Crippen LogP contribution in [0.15, 0.2) is 6.33 Å². The van der Waals surface area contributed by atoms with Crippen LogP contribution in [0, 0.1) is 5.92 Å². The van der Waals surface area contributed by atoms with Crippen LogP contribution in [0.2, 0.25) is 0 Å². The number of rotatable bonds is 4. The van der Waals surface area contributed by atoms with Crippen molar-refractivity contribution in [3.8, 4) is 0 Å². The van der Waals surface area contributed by atoms with E-state index in [1.54, 1.807) is 11.2 Å². The summed E-state index contributed by atoms with van der Waals surface area (Å²) in [5.41, 5.74) is 0. The Kier molecular flexibility index (Phi) is 4.21. The zero-order valence-corrected chi connectivity index (χ0v) is 11.6. The SMILES string of the molecule is CC(C)CC(NC(=O)N1CCn2cnnc2C1)C(=O)O. The van der Waals surface area contributed by atoms with E-state index in [2.05, 4.69) is 15.5 Å². The average molecular weight is 281 g/mol.